The Morgan fingerprint density at radius 1 is 0.880 bits per heavy atom. The molecule has 4 rings (SSSR count). The molecule has 0 aliphatic heterocycles. The monoisotopic (exact) mass is 330 g/mol. The Kier molecular flexibility index (Phi) is 3.58. The van der Waals surface area contributed by atoms with Crippen molar-refractivity contribution in [3.63, 3.8) is 0 Å². The molecule has 0 bridgehead atoms. The first kappa shape index (κ1) is 15.1. The number of carbonyl (C=O) groups is 1. The summed E-state index contributed by atoms with van der Waals surface area (Å²) < 4.78 is 10.5. The zero-order chi connectivity index (χ0) is 17.4. The molecule has 122 valence electrons. The molecule has 4 heteroatoms. The molecular formula is C21H14O4. The number of hydrogen-bond acceptors (Lipinski definition) is 4. The summed E-state index contributed by atoms with van der Waals surface area (Å²) in [5.41, 5.74) is 0.264. The second kappa shape index (κ2) is 5.91. The molecule has 0 radical (unpaired) electrons. The van der Waals surface area contributed by atoms with E-state index in [0.717, 1.165) is 16.2 Å². The number of ketones is 1. The summed E-state index contributed by atoms with van der Waals surface area (Å²) in [4.78, 5) is 25.0. The average molecular weight is 330 g/mol. The van der Waals surface area contributed by atoms with Gasteiger partial charge in [0.15, 0.2) is 5.78 Å². The first-order valence-corrected chi connectivity index (χ1v) is 7.81. The molecule has 0 N–H and O–H groups in total. The lowest BCUT2D eigenvalue weighted by Gasteiger charge is -2.05. The summed E-state index contributed by atoms with van der Waals surface area (Å²) in [5, 5.41) is 2.72. The second-order valence-corrected chi connectivity index (χ2v) is 5.74. The molecule has 0 amide bonds. The third kappa shape index (κ3) is 2.68. The highest BCUT2D eigenvalue weighted by Crippen LogP contribution is 2.23. The minimum absolute atomic E-state index is 0.0212. The minimum atomic E-state index is -0.636. The van der Waals surface area contributed by atoms with Crippen molar-refractivity contribution in [3.05, 3.63) is 88.3 Å². The van der Waals surface area contributed by atoms with Crippen LogP contribution in [-0.4, -0.2) is 12.9 Å². The SMILES string of the molecule is COc1ccc(C(=O)c2cc3cc4ccccc4cc3oc2=O)cc1. The van der Waals surface area contributed by atoms with E-state index in [-0.39, 0.29) is 11.3 Å². The topological polar surface area (TPSA) is 56.5 Å². The van der Waals surface area contributed by atoms with Crippen molar-refractivity contribution in [2.75, 3.05) is 7.11 Å². The summed E-state index contributed by atoms with van der Waals surface area (Å²) in [6.45, 7) is 0. The van der Waals surface area contributed by atoms with Crippen LogP contribution in [0.25, 0.3) is 21.7 Å². The van der Waals surface area contributed by atoms with Gasteiger partial charge in [0, 0.05) is 10.9 Å². The Morgan fingerprint density at radius 3 is 2.24 bits per heavy atom. The van der Waals surface area contributed by atoms with Crippen molar-refractivity contribution < 1.29 is 13.9 Å². The van der Waals surface area contributed by atoms with E-state index in [1.807, 2.05) is 36.4 Å². The lowest BCUT2D eigenvalue weighted by Crippen LogP contribution is -2.14. The Labute approximate surface area is 143 Å². The highest BCUT2D eigenvalue weighted by atomic mass is 16.5. The lowest BCUT2D eigenvalue weighted by molar-refractivity contribution is 0.103. The molecule has 0 aliphatic carbocycles. The molecule has 4 aromatic rings. The maximum absolute atomic E-state index is 12.7. The summed E-state index contributed by atoms with van der Waals surface area (Å²) in [5.74, 6) is 0.278. The van der Waals surface area contributed by atoms with Gasteiger partial charge in [0.2, 0.25) is 0 Å². The quantitative estimate of drug-likeness (QED) is 0.321. The van der Waals surface area contributed by atoms with Gasteiger partial charge in [-0.3, -0.25) is 4.79 Å². The normalized spacial score (nSPS) is 10.9. The van der Waals surface area contributed by atoms with E-state index >= 15 is 0 Å². The second-order valence-electron chi connectivity index (χ2n) is 5.74. The Bertz CT molecular complexity index is 1150. The van der Waals surface area contributed by atoms with Crippen LogP contribution in [0.1, 0.15) is 15.9 Å². The third-order valence-electron chi connectivity index (χ3n) is 4.20. The molecule has 1 aromatic heterocycles. The predicted molar refractivity (Wildman–Crippen MR) is 96.4 cm³/mol. The number of methoxy groups -OCH3 is 1. The average Bonchev–Trinajstić information content (AvgIpc) is 2.65. The first-order chi connectivity index (χ1) is 12.2. The van der Waals surface area contributed by atoms with Gasteiger partial charge < -0.3 is 9.15 Å². The van der Waals surface area contributed by atoms with Crippen LogP contribution < -0.4 is 10.4 Å². The largest absolute Gasteiger partial charge is 0.497 e. The van der Waals surface area contributed by atoms with E-state index in [4.69, 9.17) is 9.15 Å². The van der Waals surface area contributed by atoms with E-state index in [2.05, 4.69) is 0 Å². The smallest absolute Gasteiger partial charge is 0.347 e. The molecule has 0 saturated heterocycles. The predicted octanol–water partition coefficient (Wildman–Crippen LogP) is 4.19. The number of carbonyl (C=O) groups excluding carboxylic acids is 1. The van der Waals surface area contributed by atoms with Crippen LogP contribution in [-0.2, 0) is 0 Å². The van der Waals surface area contributed by atoms with Crippen LogP contribution in [0.5, 0.6) is 5.75 Å². The molecule has 4 nitrogen and oxygen atoms in total. The van der Waals surface area contributed by atoms with Gasteiger partial charge >= 0.3 is 5.63 Å². The number of ether oxygens (including phenoxy) is 1. The van der Waals surface area contributed by atoms with Crippen LogP contribution in [0.2, 0.25) is 0 Å². The molecule has 0 unspecified atom stereocenters. The Balaban J connectivity index is 1.85. The van der Waals surface area contributed by atoms with Crippen molar-refractivity contribution in [2.24, 2.45) is 0 Å². The molecule has 0 fully saturated rings. The van der Waals surface area contributed by atoms with Gasteiger partial charge in [-0.1, -0.05) is 24.3 Å². The maximum atomic E-state index is 12.7. The lowest BCUT2D eigenvalue weighted by atomic mass is 10.0. The van der Waals surface area contributed by atoms with Gasteiger partial charge in [-0.15, -0.1) is 0 Å². The van der Waals surface area contributed by atoms with Gasteiger partial charge in [0.05, 0.1) is 7.11 Å². The first-order valence-electron chi connectivity index (χ1n) is 7.81. The Hall–Kier alpha value is -3.40. The molecule has 1 heterocycles. The summed E-state index contributed by atoms with van der Waals surface area (Å²) >= 11 is 0. The third-order valence-corrected chi connectivity index (χ3v) is 4.20. The van der Waals surface area contributed by atoms with Gasteiger partial charge in [-0.25, -0.2) is 4.79 Å². The summed E-state index contributed by atoms with van der Waals surface area (Å²) in [7, 11) is 1.55. The van der Waals surface area contributed by atoms with Crippen molar-refractivity contribution in [3.8, 4) is 5.75 Å². The molecule has 0 spiro atoms. The number of hydrogen-bond donors (Lipinski definition) is 0. The summed E-state index contributed by atoms with van der Waals surface area (Å²) in [6, 6.07) is 19.7. The van der Waals surface area contributed by atoms with Crippen molar-refractivity contribution >= 4 is 27.5 Å². The van der Waals surface area contributed by atoms with Crippen molar-refractivity contribution in [1.29, 1.82) is 0 Å². The highest BCUT2D eigenvalue weighted by molar-refractivity contribution is 6.10. The minimum Gasteiger partial charge on any atom is -0.497 e. The van der Waals surface area contributed by atoms with Gasteiger partial charge in [-0.2, -0.15) is 0 Å². The zero-order valence-corrected chi connectivity index (χ0v) is 13.5. The fourth-order valence-corrected chi connectivity index (χ4v) is 2.86. The zero-order valence-electron chi connectivity index (χ0n) is 13.5. The van der Waals surface area contributed by atoms with Crippen LogP contribution >= 0.6 is 0 Å². The van der Waals surface area contributed by atoms with Gasteiger partial charge in [0.25, 0.3) is 0 Å². The van der Waals surface area contributed by atoms with E-state index < -0.39 is 5.63 Å². The van der Waals surface area contributed by atoms with Crippen molar-refractivity contribution in [2.45, 2.75) is 0 Å². The van der Waals surface area contributed by atoms with E-state index in [1.165, 1.54) is 0 Å². The molecule has 3 aromatic carbocycles. The van der Waals surface area contributed by atoms with Crippen LogP contribution in [0.4, 0.5) is 0 Å². The number of rotatable bonds is 3. The molecule has 0 atom stereocenters. The fraction of sp³-hybridized carbons (Fsp3) is 0.0476. The van der Waals surface area contributed by atoms with E-state index in [1.54, 1.807) is 37.4 Å². The molecular weight excluding hydrogens is 316 g/mol. The standard InChI is InChI=1S/C21H14O4/c1-24-17-8-6-13(7-9-17)20(22)18-11-16-10-14-4-2-3-5-15(14)12-19(16)25-21(18)23/h2-12H,1H3. The fourth-order valence-electron chi connectivity index (χ4n) is 2.86. The maximum Gasteiger partial charge on any atom is 0.347 e. The molecule has 25 heavy (non-hydrogen) atoms. The molecule has 0 saturated carbocycles. The van der Waals surface area contributed by atoms with Crippen LogP contribution in [0, 0.1) is 0 Å². The Morgan fingerprint density at radius 2 is 1.56 bits per heavy atom. The number of fused-ring (bicyclic) bond motifs is 2. The van der Waals surface area contributed by atoms with E-state index in [0.29, 0.717) is 16.9 Å². The van der Waals surface area contributed by atoms with Gasteiger partial charge in [-0.05, 0) is 53.2 Å². The van der Waals surface area contributed by atoms with Crippen LogP contribution in [0.3, 0.4) is 0 Å². The van der Waals surface area contributed by atoms with Gasteiger partial charge in [0.1, 0.15) is 16.9 Å². The molecule has 0 aliphatic rings. The van der Waals surface area contributed by atoms with Crippen molar-refractivity contribution in [1.82, 2.24) is 0 Å². The number of benzene rings is 3. The summed E-state index contributed by atoms with van der Waals surface area (Å²) in [6.07, 6.45) is 0. The van der Waals surface area contributed by atoms with E-state index in [9.17, 15) is 9.59 Å². The highest BCUT2D eigenvalue weighted by Gasteiger charge is 2.16. The van der Waals surface area contributed by atoms with Crippen LogP contribution in [0.15, 0.2) is 75.9 Å².